The number of urea groups is 1. The minimum absolute atomic E-state index is 0.189. The smallest absolute Gasteiger partial charge is 0.315 e. The average Bonchev–Trinajstić information content (AvgIpc) is 2.99. The zero-order chi connectivity index (χ0) is 15.8. The summed E-state index contributed by atoms with van der Waals surface area (Å²) in [6.45, 7) is 2.59. The van der Waals surface area contributed by atoms with Crippen molar-refractivity contribution in [2.24, 2.45) is 0 Å². The number of benzene rings is 1. The van der Waals surface area contributed by atoms with E-state index in [1.54, 1.807) is 36.5 Å². The van der Waals surface area contributed by atoms with Crippen molar-refractivity contribution < 1.29 is 13.9 Å². The van der Waals surface area contributed by atoms with E-state index >= 15 is 0 Å². The lowest BCUT2D eigenvalue weighted by Gasteiger charge is -2.15. The molecule has 0 spiro atoms. The predicted octanol–water partition coefficient (Wildman–Crippen LogP) is 3.20. The van der Waals surface area contributed by atoms with Crippen LogP contribution < -0.4 is 15.4 Å². The third-order valence-corrected chi connectivity index (χ3v) is 3.88. The van der Waals surface area contributed by atoms with E-state index in [4.69, 9.17) is 4.74 Å². The number of hydrogen-bond donors (Lipinski definition) is 2. The standard InChI is InChI=1S/C16H19FN2O2S/c1-12(11-21-15-7-3-2-6-14(15)17)19-16(20)18-9-8-13-5-4-10-22-13/h2-7,10,12H,8-9,11H2,1H3,(H2,18,19,20). The van der Waals surface area contributed by atoms with Gasteiger partial charge in [-0.1, -0.05) is 18.2 Å². The first-order valence-electron chi connectivity index (χ1n) is 7.09. The second-order valence-corrected chi connectivity index (χ2v) is 5.90. The first kappa shape index (κ1) is 16.3. The molecule has 2 N–H and O–H groups in total. The Bertz CT molecular complexity index is 590. The number of para-hydroxylation sites is 1. The topological polar surface area (TPSA) is 50.4 Å². The molecule has 0 saturated heterocycles. The van der Waals surface area contributed by atoms with Crippen LogP contribution >= 0.6 is 11.3 Å². The number of carbonyl (C=O) groups excluding carboxylic acids is 1. The number of nitrogens with one attached hydrogen (secondary N) is 2. The van der Waals surface area contributed by atoms with Crippen molar-refractivity contribution in [3.63, 3.8) is 0 Å². The third-order valence-electron chi connectivity index (χ3n) is 2.94. The lowest BCUT2D eigenvalue weighted by molar-refractivity contribution is 0.224. The maximum Gasteiger partial charge on any atom is 0.315 e. The first-order chi connectivity index (χ1) is 10.6. The molecular formula is C16H19FN2O2S. The number of amides is 2. The van der Waals surface area contributed by atoms with E-state index in [2.05, 4.69) is 10.6 Å². The van der Waals surface area contributed by atoms with E-state index in [0.29, 0.717) is 6.54 Å². The summed E-state index contributed by atoms with van der Waals surface area (Å²) >= 11 is 1.67. The van der Waals surface area contributed by atoms with Gasteiger partial charge in [0.2, 0.25) is 0 Å². The Hall–Kier alpha value is -2.08. The van der Waals surface area contributed by atoms with Gasteiger partial charge >= 0.3 is 6.03 Å². The van der Waals surface area contributed by atoms with Crippen molar-refractivity contribution in [2.75, 3.05) is 13.2 Å². The Morgan fingerprint density at radius 2 is 2.14 bits per heavy atom. The molecule has 6 heteroatoms. The number of rotatable bonds is 7. The maximum atomic E-state index is 13.4. The molecule has 0 aliphatic heterocycles. The van der Waals surface area contributed by atoms with E-state index in [1.165, 1.54) is 10.9 Å². The van der Waals surface area contributed by atoms with Crippen LogP contribution in [0.15, 0.2) is 41.8 Å². The van der Waals surface area contributed by atoms with Crippen LogP contribution in [0.2, 0.25) is 0 Å². The lowest BCUT2D eigenvalue weighted by atomic mass is 10.3. The summed E-state index contributed by atoms with van der Waals surface area (Å²) in [5, 5.41) is 7.56. The molecule has 1 atom stereocenters. The predicted molar refractivity (Wildman–Crippen MR) is 85.9 cm³/mol. The molecule has 2 aromatic rings. The van der Waals surface area contributed by atoms with E-state index in [9.17, 15) is 9.18 Å². The zero-order valence-electron chi connectivity index (χ0n) is 12.3. The molecule has 118 valence electrons. The van der Waals surface area contributed by atoms with Gasteiger partial charge in [-0.25, -0.2) is 9.18 Å². The quantitative estimate of drug-likeness (QED) is 0.822. The van der Waals surface area contributed by atoms with Crippen LogP contribution in [-0.4, -0.2) is 25.2 Å². The minimum Gasteiger partial charge on any atom is -0.488 e. The molecule has 0 saturated carbocycles. The van der Waals surface area contributed by atoms with Crippen molar-refractivity contribution in [2.45, 2.75) is 19.4 Å². The normalized spacial score (nSPS) is 11.7. The Labute approximate surface area is 133 Å². The number of carbonyl (C=O) groups is 1. The molecule has 1 unspecified atom stereocenters. The maximum absolute atomic E-state index is 13.4. The summed E-state index contributed by atoms with van der Waals surface area (Å²) in [5.41, 5.74) is 0. The van der Waals surface area contributed by atoms with Gasteiger partial charge in [-0.3, -0.25) is 0 Å². The number of thiophene rings is 1. The van der Waals surface area contributed by atoms with Crippen molar-refractivity contribution in [1.82, 2.24) is 10.6 Å². The zero-order valence-corrected chi connectivity index (χ0v) is 13.2. The van der Waals surface area contributed by atoms with E-state index in [1.807, 2.05) is 17.5 Å². The minimum atomic E-state index is -0.407. The van der Waals surface area contributed by atoms with E-state index < -0.39 is 5.82 Å². The molecule has 2 amide bonds. The van der Waals surface area contributed by atoms with Gasteiger partial charge in [-0.15, -0.1) is 11.3 Å². The molecule has 0 radical (unpaired) electrons. The molecule has 0 bridgehead atoms. The Morgan fingerprint density at radius 3 is 2.86 bits per heavy atom. The molecule has 22 heavy (non-hydrogen) atoms. The van der Waals surface area contributed by atoms with E-state index in [-0.39, 0.29) is 24.4 Å². The molecule has 1 aromatic carbocycles. The third kappa shape index (κ3) is 5.37. The van der Waals surface area contributed by atoms with Gasteiger partial charge in [0.1, 0.15) is 6.61 Å². The summed E-state index contributed by atoms with van der Waals surface area (Å²) < 4.78 is 18.7. The Kier molecular flexibility index (Phi) is 6.21. The second-order valence-electron chi connectivity index (χ2n) is 4.87. The molecular weight excluding hydrogens is 303 g/mol. The van der Waals surface area contributed by atoms with Gasteiger partial charge in [0.05, 0.1) is 6.04 Å². The van der Waals surface area contributed by atoms with Crippen LogP contribution in [-0.2, 0) is 6.42 Å². The highest BCUT2D eigenvalue weighted by Gasteiger charge is 2.09. The monoisotopic (exact) mass is 322 g/mol. The molecule has 0 aliphatic rings. The van der Waals surface area contributed by atoms with Crippen LogP contribution in [0.25, 0.3) is 0 Å². The van der Waals surface area contributed by atoms with Crippen LogP contribution in [0.4, 0.5) is 9.18 Å². The number of hydrogen-bond acceptors (Lipinski definition) is 3. The van der Waals surface area contributed by atoms with Gasteiger partial charge in [0, 0.05) is 11.4 Å². The molecule has 0 fully saturated rings. The summed E-state index contributed by atoms with van der Waals surface area (Å²) in [6.07, 6.45) is 0.811. The van der Waals surface area contributed by atoms with Gasteiger partial charge in [-0.05, 0) is 36.9 Å². The second kappa shape index (κ2) is 8.38. The fourth-order valence-corrected chi connectivity index (χ4v) is 2.56. The van der Waals surface area contributed by atoms with Crippen LogP contribution in [0, 0.1) is 5.82 Å². The lowest BCUT2D eigenvalue weighted by Crippen LogP contribution is -2.43. The summed E-state index contributed by atoms with van der Waals surface area (Å²) in [4.78, 5) is 12.9. The highest BCUT2D eigenvalue weighted by atomic mass is 32.1. The van der Waals surface area contributed by atoms with Crippen molar-refractivity contribution >= 4 is 17.4 Å². The first-order valence-corrected chi connectivity index (χ1v) is 7.97. The van der Waals surface area contributed by atoms with Crippen molar-refractivity contribution in [3.05, 3.63) is 52.5 Å². The van der Waals surface area contributed by atoms with Gasteiger partial charge in [0.25, 0.3) is 0 Å². The Morgan fingerprint density at radius 1 is 1.32 bits per heavy atom. The fourth-order valence-electron chi connectivity index (χ4n) is 1.85. The van der Waals surface area contributed by atoms with Crippen molar-refractivity contribution in [1.29, 1.82) is 0 Å². The summed E-state index contributed by atoms with van der Waals surface area (Å²) in [7, 11) is 0. The summed E-state index contributed by atoms with van der Waals surface area (Å²) in [5.74, 6) is -0.218. The molecule has 2 rings (SSSR count). The number of ether oxygens (including phenoxy) is 1. The highest BCUT2D eigenvalue weighted by Crippen LogP contribution is 2.15. The Balaban J connectivity index is 1.64. The number of halogens is 1. The summed E-state index contributed by atoms with van der Waals surface area (Å²) in [6, 6.07) is 9.76. The van der Waals surface area contributed by atoms with Gasteiger partial charge in [0.15, 0.2) is 11.6 Å². The van der Waals surface area contributed by atoms with Crippen molar-refractivity contribution in [3.8, 4) is 5.75 Å². The average molecular weight is 322 g/mol. The van der Waals surface area contributed by atoms with Crippen LogP contribution in [0.1, 0.15) is 11.8 Å². The van der Waals surface area contributed by atoms with E-state index in [0.717, 1.165) is 6.42 Å². The molecule has 0 aliphatic carbocycles. The largest absolute Gasteiger partial charge is 0.488 e. The molecule has 1 heterocycles. The van der Waals surface area contributed by atoms with Crippen LogP contribution in [0.3, 0.4) is 0 Å². The highest BCUT2D eigenvalue weighted by molar-refractivity contribution is 7.09. The van der Waals surface area contributed by atoms with Crippen LogP contribution in [0.5, 0.6) is 5.75 Å². The molecule has 4 nitrogen and oxygen atoms in total. The SMILES string of the molecule is CC(COc1ccccc1F)NC(=O)NCCc1cccs1. The fraction of sp³-hybridized carbons (Fsp3) is 0.312. The van der Waals surface area contributed by atoms with Gasteiger partial charge in [-0.2, -0.15) is 0 Å². The van der Waals surface area contributed by atoms with Gasteiger partial charge < -0.3 is 15.4 Å². The molecule has 1 aromatic heterocycles.